The first-order valence-corrected chi connectivity index (χ1v) is 7.67. The van der Waals surface area contributed by atoms with E-state index in [0.29, 0.717) is 17.9 Å². The summed E-state index contributed by atoms with van der Waals surface area (Å²) in [7, 11) is 0. The van der Waals surface area contributed by atoms with Crippen LogP contribution in [-0.2, 0) is 0 Å². The summed E-state index contributed by atoms with van der Waals surface area (Å²) in [4.78, 5) is 14.8. The molecule has 0 aliphatic carbocycles. The van der Waals surface area contributed by atoms with E-state index < -0.39 is 0 Å². The lowest BCUT2D eigenvalue weighted by atomic mass is 10.0. The van der Waals surface area contributed by atoms with Crippen LogP contribution in [-0.4, -0.2) is 41.6 Å². The van der Waals surface area contributed by atoms with Gasteiger partial charge in [-0.05, 0) is 45.6 Å². The predicted octanol–water partition coefficient (Wildman–Crippen LogP) is 1.98. The summed E-state index contributed by atoms with van der Waals surface area (Å²) >= 11 is 0. The van der Waals surface area contributed by atoms with E-state index >= 15 is 0 Å². The van der Waals surface area contributed by atoms with E-state index in [2.05, 4.69) is 48.5 Å². The van der Waals surface area contributed by atoms with Gasteiger partial charge in [0.15, 0.2) is 0 Å². The Morgan fingerprint density at radius 3 is 2.35 bits per heavy atom. The molecule has 0 radical (unpaired) electrons. The fourth-order valence-electron chi connectivity index (χ4n) is 3.98. The van der Waals surface area contributed by atoms with Gasteiger partial charge in [0, 0.05) is 43.6 Å². The lowest BCUT2D eigenvalue weighted by Crippen LogP contribution is -2.32. The number of nitrogens with zero attached hydrogens (tertiary/aromatic N) is 2. The minimum absolute atomic E-state index is 0.222. The van der Waals surface area contributed by atoms with Crippen LogP contribution in [0, 0.1) is 25.7 Å². The maximum Gasteiger partial charge on any atom is 0.255 e. The number of aromatic nitrogens is 1. The molecule has 2 aliphatic heterocycles. The number of aryl methyl sites for hydroxylation is 1. The summed E-state index contributed by atoms with van der Waals surface area (Å²) in [5.74, 6) is 1.54. The number of rotatable bonds is 2. The van der Waals surface area contributed by atoms with Crippen LogP contribution < -0.4 is 5.32 Å². The molecule has 3 heterocycles. The van der Waals surface area contributed by atoms with Crippen molar-refractivity contribution in [3.8, 4) is 0 Å². The minimum atomic E-state index is 0.222. The van der Waals surface area contributed by atoms with Crippen molar-refractivity contribution in [3.05, 3.63) is 23.0 Å². The monoisotopic (exact) mass is 275 g/mol. The number of nitrogens with one attached hydrogen (secondary N) is 1. The predicted molar refractivity (Wildman–Crippen MR) is 80.0 cm³/mol. The molecule has 3 rings (SSSR count). The van der Waals surface area contributed by atoms with Crippen LogP contribution in [0.15, 0.2) is 6.07 Å². The lowest BCUT2D eigenvalue weighted by Gasteiger charge is -2.18. The summed E-state index contributed by atoms with van der Waals surface area (Å²) in [5.41, 5.74) is 3.18. The molecule has 2 fully saturated rings. The Balaban J connectivity index is 1.83. The average Bonchev–Trinajstić information content (AvgIpc) is 3.00. The Labute approximate surface area is 121 Å². The fourth-order valence-corrected chi connectivity index (χ4v) is 3.98. The van der Waals surface area contributed by atoms with Crippen molar-refractivity contribution in [1.82, 2.24) is 14.8 Å². The van der Waals surface area contributed by atoms with E-state index in [1.165, 1.54) is 5.69 Å². The molecule has 0 unspecified atom stereocenters. The van der Waals surface area contributed by atoms with Gasteiger partial charge < -0.3 is 14.8 Å². The number of fused-ring (bicyclic) bond motifs is 1. The second-order valence-corrected chi connectivity index (χ2v) is 6.64. The fraction of sp³-hybridized carbons (Fsp3) is 0.688. The smallest absolute Gasteiger partial charge is 0.255 e. The van der Waals surface area contributed by atoms with Crippen LogP contribution in [0.2, 0.25) is 0 Å². The average molecular weight is 275 g/mol. The molecule has 2 saturated heterocycles. The summed E-state index contributed by atoms with van der Waals surface area (Å²) < 4.78 is 2.26. The molecule has 0 spiro atoms. The molecule has 2 atom stereocenters. The van der Waals surface area contributed by atoms with E-state index in [1.54, 1.807) is 0 Å². The molecule has 0 bridgehead atoms. The Morgan fingerprint density at radius 1 is 1.25 bits per heavy atom. The van der Waals surface area contributed by atoms with E-state index in [9.17, 15) is 4.79 Å². The number of hydrogen-bond acceptors (Lipinski definition) is 2. The van der Waals surface area contributed by atoms with Crippen molar-refractivity contribution in [2.45, 2.75) is 33.7 Å². The number of likely N-dealkylation sites (tertiary alicyclic amines) is 1. The Morgan fingerprint density at radius 2 is 1.85 bits per heavy atom. The highest BCUT2D eigenvalue weighted by Crippen LogP contribution is 2.29. The topological polar surface area (TPSA) is 37.3 Å². The molecular weight excluding hydrogens is 250 g/mol. The zero-order chi connectivity index (χ0) is 14.4. The quantitative estimate of drug-likeness (QED) is 0.896. The standard InChI is InChI=1S/C16H25N3O/c1-10(2)19-11(3)5-15(12(19)4)16(20)18-8-13-6-17-7-14(13)9-18/h5,10,13-14,17H,6-9H2,1-4H3/t13-,14+. The van der Waals surface area contributed by atoms with Gasteiger partial charge in [-0.2, -0.15) is 0 Å². The first kappa shape index (κ1) is 13.7. The highest BCUT2D eigenvalue weighted by Gasteiger charge is 2.38. The number of hydrogen-bond donors (Lipinski definition) is 1. The third kappa shape index (κ3) is 2.06. The summed E-state index contributed by atoms with van der Waals surface area (Å²) in [6.07, 6.45) is 0. The van der Waals surface area contributed by atoms with Crippen molar-refractivity contribution in [3.63, 3.8) is 0 Å². The molecule has 1 aromatic heterocycles. The zero-order valence-corrected chi connectivity index (χ0v) is 12.9. The van der Waals surface area contributed by atoms with Crippen LogP contribution in [0.3, 0.4) is 0 Å². The van der Waals surface area contributed by atoms with Crippen molar-refractivity contribution >= 4 is 5.91 Å². The molecule has 1 amide bonds. The molecule has 0 aromatic carbocycles. The molecule has 4 nitrogen and oxygen atoms in total. The summed E-state index contributed by atoms with van der Waals surface area (Å²) in [6.45, 7) is 12.5. The third-order valence-electron chi connectivity index (χ3n) is 4.91. The van der Waals surface area contributed by atoms with Crippen LogP contribution in [0.4, 0.5) is 0 Å². The third-order valence-corrected chi connectivity index (χ3v) is 4.91. The number of amides is 1. The largest absolute Gasteiger partial charge is 0.346 e. The van der Waals surface area contributed by atoms with Crippen LogP contribution in [0.5, 0.6) is 0 Å². The van der Waals surface area contributed by atoms with E-state index in [4.69, 9.17) is 0 Å². The van der Waals surface area contributed by atoms with E-state index in [1.807, 2.05) is 0 Å². The van der Waals surface area contributed by atoms with Crippen LogP contribution in [0.1, 0.15) is 41.6 Å². The molecule has 110 valence electrons. The van der Waals surface area contributed by atoms with Crippen molar-refractivity contribution in [2.24, 2.45) is 11.8 Å². The first-order valence-electron chi connectivity index (χ1n) is 7.67. The second-order valence-electron chi connectivity index (χ2n) is 6.64. The van der Waals surface area contributed by atoms with Crippen LogP contribution in [0.25, 0.3) is 0 Å². The highest BCUT2D eigenvalue weighted by atomic mass is 16.2. The molecule has 2 aliphatic rings. The van der Waals surface area contributed by atoms with Gasteiger partial charge in [-0.15, -0.1) is 0 Å². The number of carbonyl (C=O) groups is 1. The molecular formula is C16H25N3O. The highest BCUT2D eigenvalue weighted by molar-refractivity contribution is 5.96. The summed E-state index contributed by atoms with van der Waals surface area (Å²) in [5, 5.41) is 3.42. The van der Waals surface area contributed by atoms with Gasteiger partial charge in [0.2, 0.25) is 0 Å². The van der Waals surface area contributed by atoms with E-state index in [0.717, 1.165) is 37.4 Å². The second kappa shape index (κ2) is 4.92. The number of carbonyl (C=O) groups excluding carboxylic acids is 1. The van der Waals surface area contributed by atoms with Crippen molar-refractivity contribution in [1.29, 1.82) is 0 Å². The van der Waals surface area contributed by atoms with E-state index in [-0.39, 0.29) is 5.91 Å². The van der Waals surface area contributed by atoms with Gasteiger partial charge in [0.05, 0.1) is 5.56 Å². The molecule has 1 aromatic rings. The van der Waals surface area contributed by atoms with Gasteiger partial charge in [-0.1, -0.05) is 0 Å². The molecule has 20 heavy (non-hydrogen) atoms. The van der Waals surface area contributed by atoms with Gasteiger partial charge in [0.25, 0.3) is 5.91 Å². The first-order chi connectivity index (χ1) is 9.49. The Hall–Kier alpha value is -1.29. The van der Waals surface area contributed by atoms with Crippen molar-refractivity contribution < 1.29 is 4.79 Å². The van der Waals surface area contributed by atoms with Gasteiger partial charge in [-0.3, -0.25) is 4.79 Å². The zero-order valence-electron chi connectivity index (χ0n) is 12.9. The molecule has 4 heteroatoms. The SMILES string of the molecule is Cc1cc(C(=O)N2C[C@H]3CNC[C@H]3C2)c(C)n1C(C)C. The normalized spacial score (nSPS) is 25.6. The van der Waals surface area contributed by atoms with Crippen LogP contribution >= 0.6 is 0 Å². The Kier molecular flexibility index (Phi) is 3.36. The molecule has 0 saturated carbocycles. The lowest BCUT2D eigenvalue weighted by molar-refractivity contribution is 0.0781. The van der Waals surface area contributed by atoms with Gasteiger partial charge >= 0.3 is 0 Å². The summed E-state index contributed by atoms with van der Waals surface area (Å²) in [6, 6.07) is 2.46. The maximum atomic E-state index is 12.8. The maximum absolute atomic E-state index is 12.8. The molecule has 1 N–H and O–H groups in total. The minimum Gasteiger partial charge on any atom is -0.346 e. The van der Waals surface area contributed by atoms with Gasteiger partial charge in [-0.25, -0.2) is 0 Å². The Bertz CT molecular complexity index is 520. The van der Waals surface area contributed by atoms with Gasteiger partial charge in [0.1, 0.15) is 0 Å². The van der Waals surface area contributed by atoms with Crippen molar-refractivity contribution in [2.75, 3.05) is 26.2 Å².